The van der Waals surface area contributed by atoms with Gasteiger partial charge in [0.1, 0.15) is 0 Å². The maximum atomic E-state index is 12.9. The van der Waals surface area contributed by atoms with Gasteiger partial charge in [-0.05, 0) is 35.4 Å². The average Bonchev–Trinajstić information content (AvgIpc) is 3.54. The highest BCUT2D eigenvalue weighted by Crippen LogP contribution is 2.30. The molecular formula is C24H25N5O4S2. The van der Waals surface area contributed by atoms with E-state index in [1.165, 1.54) is 23.5 Å². The zero-order valence-electron chi connectivity index (χ0n) is 18.9. The number of hydrogen-bond donors (Lipinski definition) is 1. The summed E-state index contributed by atoms with van der Waals surface area (Å²) in [5, 5.41) is 7.59. The predicted molar refractivity (Wildman–Crippen MR) is 134 cm³/mol. The highest BCUT2D eigenvalue weighted by atomic mass is 32.2. The van der Waals surface area contributed by atoms with E-state index in [1.807, 2.05) is 35.2 Å². The lowest BCUT2D eigenvalue weighted by Crippen LogP contribution is -2.52. The van der Waals surface area contributed by atoms with Crippen LogP contribution in [-0.4, -0.2) is 73.8 Å². The second-order valence-corrected chi connectivity index (χ2v) is 11.1. The number of carbonyl (C=O) groups excluding carboxylic acids is 2. The third-order valence-corrected chi connectivity index (χ3v) is 8.16. The van der Waals surface area contributed by atoms with Gasteiger partial charge in [0.15, 0.2) is 5.01 Å². The average molecular weight is 512 g/mol. The standard InChI is InChI=1S/C24H25N5O4S2/c25-35(32,33)21-6-2-4-18(14-21)17-3-1-5-19(13-17)29-16-20(15-22(29)30)27-8-10-28(11-9-27)24(31)23-26-7-12-34-23/h1-7,12-14,20H,8-11,15-16H2,(H2,25,32,33). The van der Waals surface area contributed by atoms with Crippen LogP contribution in [0.15, 0.2) is 65.0 Å². The van der Waals surface area contributed by atoms with Gasteiger partial charge in [0, 0.05) is 62.5 Å². The normalized spacial score (nSPS) is 19.3. The second kappa shape index (κ2) is 9.50. The number of piperazine rings is 1. The molecule has 2 fully saturated rings. The van der Waals surface area contributed by atoms with E-state index < -0.39 is 10.0 Å². The minimum absolute atomic E-state index is 0.0351. The Kier molecular flexibility index (Phi) is 6.41. The van der Waals surface area contributed by atoms with E-state index in [0.29, 0.717) is 49.7 Å². The minimum Gasteiger partial charge on any atom is -0.334 e. The van der Waals surface area contributed by atoms with Crippen LogP contribution in [0.5, 0.6) is 0 Å². The number of aromatic nitrogens is 1. The highest BCUT2D eigenvalue weighted by molar-refractivity contribution is 7.89. The molecule has 2 aliphatic rings. The number of thiazole rings is 1. The van der Waals surface area contributed by atoms with Crippen molar-refractivity contribution in [1.82, 2.24) is 14.8 Å². The van der Waals surface area contributed by atoms with Gasteiger partial charge in [0.2, 0.25) is 15.9 Å². The van der Waals surface area contributed by atoms with E-state index in [4.69, 9.17) is 5.14 Å². The third-order valence-electron chi connectivity index (χ3n) is 6.49. The lowest BCUT2D eigenvalue weighted by Gasteiger charge is -2.37. The number of primary sulfonamides is 1. The Morgan fingerprint density at radius 1 is 1.03 bits per heavy atom. The van der Waals surface area contributed by atoms with Gasteiger partial charge >= 0.3 is 0 Å². The molecule has 1 atom stereocenters. The summed E-state index contributed by atoms with van der Waals surface area (Å²) in [4.78, 5) is 35.5. The number of nitrogens with two attached hydrogens (primary N) is 1. The predicted octanol–water partition coefficient (Wildman–Crippen LogP) is 2.02. The molecule has 0 bridgehead atoms. The van der Waals surface area contributed by atoms with Crippen LogP contribution in [0.1, 0.15) is 16.2 Å². The smallest absolute Gasteiger partial charge is 0.282 e. The number of hydrogen-bond acceptors (Lipinski definition) is 7. The summed E-state index contributed by atoms with van der Waals surface area (Å²) in [6, 6.07) is 14.1. The lowest BCUT2D eigenvalue weighted by molar-refractivity contribution is -0.117. The van der Waals surface area contributed by atoms with E-state index >= 15 is 0 Å². The first kappa shape index (κ1) is 23.6. The summed E-state index contributed by atoms with van der Waals surface area (Å²) < 4.78 is 23.5. The molecule has 35 heavy (non-hydrogen) atoms. The van der Waals surface area contributed by atoms with Crippen LogP contribution in [0.2, 0.25) is 0 Å². The van der Waals surface area contributed by atoms with E-state index in [-0.39, 0.29) is 22.8 Å². The molecule has 2 aliphatic heterocycles. The molecule has 2 saturated heterocycles. The number of amides is 2. The molecule has 0 saturated carbocycles. The van der Waals surface area contributed by atoms with Crippen molar-refractivity contribution >= 4 is 38.9 Å². The van der Waals surface area contributed by atoms with Crippen LogP contribution in [0.4, 0.5) is 5.69 Å². The van der Waals surface area contributed by atoms with Crippen LogP contribution in [0.3, 0.4) is 0 Å². The molecule has 0 spiro atoms. The zero-order valence-corrected chi connectivity index (χ0v) is 20.5. The fourth-order valence-electron chi connectivity index (χ4n) is 4.64. The Labute approximate surface area is 207 Å². The van der Waals surface area contributed by atoms with Gasteiger partial charge in [0.05, 0.1) is 4.90 Å². The molecule has 2 N–H and O–H groups in total. The molecule has 11 heteroatoms. The summed E-state index contributed by atoms with van der Waals surface area (Å²) in [7, 11) is -3.81. The first-order valence-electron chi connectivity index (χ1n) is 11.3. The summed E-state index contributed by atoms with van der Waals surface area (Å²) in [6.07, 6.45) is 2.06. The molecule has 0 aliphatic carbocycles. The van der Waals surface area contributed by atoms with Crippen molar-refractivity contribution in [2.24, 2.45) is 5.14 Å². The van der Waals surface area contributed by atoms with E-state index in [2.05, 4.69) is 9.88 Å². The van der Waals surface area contributed by atoms with Crippen LogP contribution in [-0.2, 0) is 14.8 Å². The molecule has 1 unspecified atom stereocenters. The van der Waals surface area contributed by atoms with E-state index in [9.17, 15) is 18.0 Å². The van der Waals surface area contributed by atoms with Crippen molar-refractivity contribution in [3.05, 3.63) is 65.1 Å². The number of carbonyl (C=O) groups is 2. The molecule has 9 nitrogen and oxygen atoms in total. The molecule has 5 rings (SSSR count). The van der Waals surface area contributed by atoms with Crippen LogP contribution < -0.4 is 10.0 Å². The number of sulfonamides is 1. The number of anilines is 1. The fourth-order valence-corrected chi connectivity index (χ4v) is 5.81. The van der Waals surface area contributed by atoms with E-state index in [0.717, 1.165) is 11.3 Å². The van der Waals surface area contributed by atoms with Gasteiger partial charge in [-0.3, -0.25) is 14.5 Å². The van der Waals surface area contributed by atoms with Crippen molar-refractivity contribution < 1.29 is 18.0 Å². The zero-order chi connectivity index (χ0) is 24.6. The largest absolute Gasteiger partial charge is 0.334 e. The number of rotatable bonds is 5. The third kappa shape index (κ3) is 4.98. The van der Waals surface area contributed by atoms with Crippen LogP contribution in [0, 0.1) is 0 Å². The maximum absolute atomic E-state index is 12.9. The summed E-state index contributed by atoms with van der Waals surface area (Å²) in [6.45, 7) is 3.21. The molecule has 0 radical (unpaired) electrons. The van der Waals surface area contributed by atoms with Crippen LogP contribution in [0.25, 0.3) is 11.1 Å². The van der Waals surface area contributed by atoms with Gasteiger partial charge in [-0.2, -0.15) is 0 Å². The van der Waals surface area contributed by atoms with Gasteiger partial charge in [-0.1, -0.05) is 24.3 Å². The molecule has 2 aromatic carbocycles. The molecule has 1 aromatic heterocycles. The van der Waals surface area contributed by atoms with E-state index in [1.54, 1.807) is 22.5 Å². The van der Waals surface area contributed by atoms with Crippen molar-refractivity contribution in [3.8, 4) is 11.1 Å². The van der Waals surface area contributed by atoms with Crippen molar-refractivity contribution in [3.63, 3.8) is 0 Å². The van der Waals surface area contributed by atoms with Gasteiger partial charge in [-0.25, -0.2) is 18.5 Å². The highest BCUT2D eigenvalue weighted by Gasteiger charge is 2.36. The SMILES string of the molecule is NS(=O)(=O)c1cccc(-c2cccc(N3CC(N4CCN(C(=O)c5nccs5)CC4)CC3=O)c2)c1. The van der Waals surface area contributed by atoms with Crippen LogP contribution >= 0.6 is 11.3 Å². The Bertz CT molecular complexity index is 1350. The Morgan fingerprint density at radius 3 is 2.43 bits per heavy atom. The fraction of sp³-hybridized carbons (Fsp3) is 0.292. The molecule has 3 heterocycles. The summed E-state index contributed by atoms with van der Waals surface area (Å²) >= 11 is 1.35. The molecule has 2 amide bonds. The maximum Gasteiger partial charge on any atom is 0.282 e. The lowest BCUT2D eigenvalue weighted by atomic mass is 10.0. The van der Waals surface area contributed by atoms with Crippen molar-refractivity contribution in [2.45, 2.75) is 17.4 Å². The Morgan fingerprint density at radius 2 is 1.74 bits per heavy atom. The minimum atomic E-state index is -3.81. The van der Waals surface area contributed by atoms with Gasteiger partial charge in [-0.15, -0.1) is 11.3 Å². The first-order valence-corrected chi connectivity index (χ1v) is 13.7. The summed E-state index contributed by atoms with van der Waals surface area (Å²) in [5.41, 5.74) is 2.29. The van der Waals surface area contributed by atoms with Gasteiger partial charge < -0.3 is 9.80 Å². The first-order chi connectivity index (χ1) is 16.8. The number of benzene rings is 2. The monoisotopic (exact) mass is 511 g/mol. The molecule has 182 valence electrons. The molecular weight excluding hydrogens is 486 g/mol. The van der Waals surface area contributed by atoms with Gasteiger partial charge in [0.25, 0.3) is 5.91 Å². The molecule has 3 aromatic rings. The second-order valence-electron chi connectivity index (χ2n) is 8.65. The van der Waals surface area contributed by atoms with Crippen molar-refractivity contribution in [2.75, 3.05) is 37.6 Å². The summed E-state index contributed by atoms with van der Waals surface area (Å²) in [5.74, 6) is 0.0128. The Hall–Kier alpha value is -3.12. The quantitative estimate of drug-likeness (QED) is 0.560. The Balaban J connectivity index is 1.27. The topological polar surface area (TPSA) is 117 Å². The van der Waals surface area contributed by atoms with Crippen molar-refractivity contribution in [1.29, 1.82) is 0 Å². The number of nitrogens with zero attached hydrogens (tertiary/aromatic N) is 4.